The highest BCUT2D eigenvalue weighted by molar-refractivity contribution is 7.89. The summed E-state index contributed by atoms with van der Waals surface area (Å²) in [7, 11) is -3.82. The number of halogens is 3. The standard InChI is InChI=1S/C15H15Cl2N3O2S.ClH/c16-12-4-1-5-13(17)15(12)23(21,22)20-8-7-19-10-14(20)11-3-2-6-18-9-11;/h1-6,9,14,19H,7-8,10H2;1H. The Morgan fingerprint density at radius 1 is 1.17 bits per heavy atom. The molecule has 1 N–H and O–H groups in total. The maximum Gasteiger partial charge on any atom is 0.246 e. The van der Waals surface area contributed by atoms with Crippen molar-refractivity contribution >= 4 is 45.6 Å². The lowest BCUT2D eigenvalue weighted by atomic mass is 10.1. The van der Waals surface area contributed by atoms with Crippen LogP contribution in [0.25, 0.3) is 0 Å². The van der Waals surface area contributed by atoms with Gasteiger partial charge >= 0.3 is 0 Å². The van der Waals surface area contributed by atoms with Crippen LogP contribution in [0.5, 0.6) is 0 Å². The van der Waals surface area contributed by atoms with Crippen molar-refractivity contribution in [2.45, 2.75) is 10.9 Å². The molecule has 0 spiro atoms. The molecular weight excluding hydrogens is 393 g/mol. The molecule has 9 heteroatoms. The van der Waals surface area contributed by atoms with Crippen molar-refractivity contribution in [3.05, 3.63) is 58.3 Å². The van der Waals surface area contributed by atoms with Crippen LogP contribution < -0.4 is 5.32 Å². The van der Waals surface area contributed by atoms with Crippen molar-refractivity contribution in [1.82, 2.24) is 14.6 Å². The van der Waals surface area contributed by atoms with E-state index >= 15 is 0 Å². The van der Waals surface area contributed by atoms with Crippen molar-refractivity contribution in [3.8, 4) is 0 Å². The molecule has 1 fully saturated rings. The molecule has 5 nitrogen and oxygen atoms in total. The summed E-state index contributed by atoms with van der Waals surface area (Å²) in [5.74, 6) is 0. The number of nitrogens with one attached hydrogen (secondary N) is 1. The second-order valence-corrected chi connectivity index (χ2v) is 7.81. The Kier molecular flexibility index (Phi) is 6.47. The zero-order valence-corrected chi connectivity index (χ0v) is 15.7. The van der Waals surface area contributed by atoms with E-state index in [0.717, 1.165) is 5.56 Å². The summed E-state index contributed by atoms with van der Waals surface area (Å²) < 4.78 is 27.7. The van der Waals surface area contributed by atoms with Crippen molar-refractivity contribution in [2.75, 3.05) is 19.6 Å². The third-order valence-corrected chi connectivity index (χ3v) is 6.61. The number of benzene rings is 1. The van der Waals surface area contributed by atoms with Gasteiger partial charge in [0.05, 0.1) is 16.1 Å². The van der Waals surface area contributed by atoms with Crippen LogP contribution >= 0.6 is 35.6 Å². The molecule has 0 radical (unpaired) electrons. The lowest BCUT2D eigenvalue weighted by Crippen LogP contribution is -2.48. The van der Waals surface area contributed by atoms with E-state index in [2.05, 4.69) is 10.3 Å². The number of rotatable bonds is 3. The van der Waals surface area contributed by atoms with E-state index in [0.29, 0.717) is 19.6 Å². The summed E-state index contributed by atoms with van der Waals surface area (Å²) in [6, 6.07) is 7.98. The molecule has 1 aromatic carbocycles. The first-order valence-electron chi connectivity index (χ1n) is 7.08. The lowest BCUT2D eigenvalue weighted by molar-refractivity contribution is 0.271. The van der Waals surface area contributed by atoms with Gasteiger partial charge in [0.1, 0.15) is 4.90 Å². The fourth-order valence-corrected chi connectivity index (χ4v) is 5.39. The number of hydrogen-bond donors (Lipinski definition) is 1. The fraction of sp³-hybridized carbons (Fsp3) is 0.267. The molecule has 3 rings (SSSR count). The molecule has 2 aromatic rings. The number of nitrogens with zero attached hydrogens (tertiary/aromatic N) is 2. The maximum absolute atomic E-state index is 13.1. The van der Waals surface area contributed by atoms with Crippen molar-refractivity contribution in [1.29, 1.82) is 0 Å². The van der Waals surface area contributed by atoms with Crippen LogP contribution in [0.1, 0.15) is 11.6 Å². The summed E-state index contributed by atoms with van der Waals surface area (Å²) in [5.41, 5.74) is 0.825. The van der Waals surface area contributed by atoms with Gasteiger partial charge in [-0.15, -0.1) is 12.4 Å². The van der Waals surface area contributed by atoms with Crippen LogP contribution in [0.3, 0.4) is 0 Å². The molecule has 1 aliphatic rings. The van der Waals surface area contributed by atoms with Gasteiger partial charge < -0.3 is 5.32 Å². The third kappa shape index (κ3) is 3.69. The molecule has 1 aliphatic heterocycles. The van der Waals surface area contributed by atoms with Gasteiger partial charge in [-0.3, -0.25) is 4.98 Å². The number of hydrogen-bond acceptors (Lipinski definition) is 4. The molecule has 0 saturated carbocycles. The third-order valence-electron chi connectivity index (χ3n) is 3.75. The van der Waals surface area contributed by atoms with E-state index in [9.17, 15) is 8.42 Å². The highest BCUT2D eigenvalue weighted by atomic mass is 35.5. The Morgan fingerprint density at radius 2 is 1.88 bits per heavy atom. The van der Waals surface area contributed by atoms with Crippen LogP contribution in [-0.2, 0) is 10.0 Å². The Morgan fingerprint density at radius 3 is 2.50 bits per heavy atom. The van der Waals surface area contributed by atoms with Gasteiger partial charge in [0, 0.05) is 32.0 Å². The zero-order valence-electron chi connectivity index (χ0n) is 12.5. The molecule has 0 bridgehead atoms. The minimum Gasteiger partial charge on any atom is -0.313 e. The Balaban J connectivity index is 0.00000208. The number of pyridine rings is 1. The van der Waals surface area contributed by atoms with Crippen molar-refractivity contribution in [2.24, 2.45) is 0 Å². The van der Waals surface area contributed by atoms with Crippen LogP contribution in [0, 0.1) is 0 Å². The average molecular weight is 409 g/mol. The van der Waals surface area contributed by atoms with Gasteiger partial charge in [-0.1, -0.05) is 35.3 Å². The number of piperazine rings is 1. The molecular formula is C15H16Cl3N3O2S. The predicted molar refractivity (Wildman–Crippen MR) is 97.4 cm³/mol. The molecule has 24 heavy (non-hydrogen) atoms. The highest BCUT2D eigenvalue weighted by Crippen LogP contribution is 2.35. The Hall–Kier alpha value is -0.890. The predicted octanol–water partition coefficient (Wildman–Crippen LogP) is 3.15. The summed E-state index contributed by atoms with van der Waals surface area (Å²) in [4.78, 5) is 4.04. The minimum atomic E-state index is -3.82. The molecule has 0 aliphatic carbocycles. The zero-order chi connectivity index (χ0) is 16.4. The van der Waals surface area contributed by atoms with E-state index in [1.165, 1.54) is 16.4 Å². The van der Waals surface area contributed by atoms with Crippen molar-refractivity contribution in [3.63, 3.8) is 0 Å². The van der Waals surface area contributed by atoms with E-state index in [1.807, 2.05) is 6.07 Å². The second-order valence-electron chi connectivity index (χ2n) is 5.17. The number of aromatic nitrogens is 1. The monoisotopic (exact) mass is 407 g/mol. The van der Waals surface area contributed by atoms with Crippen molar-refractivity contribution < 1.29 is 8.42 Å². The molecule has 0 amide bonds. The van der Waals surface area contributed by atoms with Gasteiger partial charge in [0.2, 0.25) is 10.0 Å². The van der Waals surface area contributed by atoms with Crippen LogP contribution in [0.4, 0.5) is 0 Å². The van der Waals surface area contributed by atoms with Gasteiger partial charge in [-0.05, 0) is 23.8 Å². The number of sulfonamides is 1. The van der Waals surface area contributed by atoms with E-state index in [1.54, 1.807) is 24.5 Å². The first-order chi connectivity index (χ1) is 11.0. The van der Waals surface area contributed by atoms with Crippen LogP contribution in [0.15, 0.2) is 47.6 Å². The van der Waals surface area contributed by atoms with E-state index in [-0.39, 0.29) is 33.4 Å². The smallest absolute Gasteiger partial charge is 0.246 e. The van der Waals surface area contributed by atoms with Gasteiger partial charge in [0.15, 0.2) is 0 Å². The van der Waals surface area contributed by atoms with Crippen LogP contribution in [0.2, 0.25) is 10.0 Å². The molecule has 1 aromatic heterocycles. The normalized spacial score (nSPS) is 18.8. The Labute approximate surface area is 157 Å². The average Bonchev–Trinajstić information content (AvgIpc) is 2.55. The largest absolute Gasteiger partial charge is 0.313 e. The molecule has 1 unspecified atom stereocenters. The summed E-state index contributed by atoms with van der Waals surface area (Å²) in [6.45, 7) is 1.41. The van der Waals surface area contributed by atoms with E-state index < -0.39 is 10.0 Å². The molecule has 1 saturated heterocycles. The topological polar surface area (TPSA) is 62.3 Å². The van der Waals surface area contributed by atoms with E-state index in [4.69, 9.17) is 23.2 Å². The molecule has 2 heterocycles. The van der Waals surface area contributed by atoms with Gasteiger partial charge in [0.25, 0.3) is 0 Å². The quantitative estimate of drug-likeness (QED) is 0.847. The van der Waals surface area contributed by atoms with Gasteiger partial charge in [-0.2, -0.15) is 4.31 Å². The first kappa shape index (κ1) is 19.4. The maximum atomic E-state index is 13.1. The minimum absolute atomic E-state index is 0. The Bertz CT molecular complexity index is 783. The lowest BCUT2D eigenvalue weighted by Gasteiger charge is -2.35. The second kappa shape index (κ2) is 7.99. The molecule has 130 valence electrons. The van der Waals surface area contributed by atoms with Crippen LogP contribution in [-0.4, -0.2) is 37.3 Å². The first-order valence-corrected chi connectivity index (χ1v) is 9.28. The van der Waals surface area contributed by atoms with Gasteiger partial charge in [-0.25, -0.2) is 8.42 Å². The summed E-state index contributed by atoms with van der Waals surface area (Å²) in [5, 5.41) is 3.47. The SMILES string of the molecule is Cl.O=S(=O)(c1c(Cl)cccc1Cl)N1CCNCC1c1cccnc1. The highest BCUT2D eigenvalue weighted by Gasteiger charge is 2.36. The summed E-state index contributed by atoms with van der Waals surface area (Å²) >= 11 is 12.2. The molecule has 1 atom stereocenters. The fourth-order valence-electron chi connectivity index (χ4n) is 2.68. The summed E-state index contributed by atoms with van der Waals surface area (Å²) in [6.07, 6.45) is 3.33.